The van der Waals surface area contributed by atoms with Crippen molar-refractivity contribution in [2.45, 2.75) is 37.2 Å². The summed E-state index contributed by atoms with van der Waals surface area (Å²) in [5.41, 5.74) is 0.522. The number of benzene rings is 2. The molecule has 0 aromatic heterocycles. The fourth-order valence-electron chi connectivity index (χ4n) is 2.98. The molecule has 8 heteroatoms. The molecule has 3 rings (SSSR count). The van der Waals surface area contributed by atoms with E-state index in [4.69, 9.17) is 4.74 Å². The molecule has 150 valence electrons. The third kappa shape index (κ3) is 5.12. The molecule has 1 saturated heterocycles. The molecule has 0 bridgehead atoms. The van der Waals surface area contributed by atoms with Crippen molar-refractivity contribution in [2.75, 3.05) is 18.4 Å². The van der Waals surface area contributed by atoms with Crippen molar-refractivity contribution < 1.29 is 17.9 Å². The van der Waals surface area contributed by atoms with Crippen LogP contribution in [0.15, 0.2) is 57.9 Å². The van der Waals surface area contributed by atoms with Crippen molar-refractivity contribution in [1.82, 2.24) is 4.31 Å². The summed E-state index contributed by atoms with van der Waals surface area (Å²) in [5, 5.41) is 2.75. The second-order valence-corrected chi connectivity index (χ2v) is 9.55. The molecule has 1 fully saturated rings. The first-order valence-electron chi connectivity index (χ1n) is 9.19. The number of hydrogen-bond acceptors (Lipinski definition) is 4. The number of hydrogen-bond donors (Lipinski definition) is 1. The van der Waals surface area contributed by atoms with E-state index in [2.05, 4.69) is 21.2 Å². The molecule has 2 aromatic rings. The second-order valence-electron chi connectivity index (χ2n) is 6.69. The molecule has 1 unspecified atom stereocenters. The van der Waals surface area contributed by atoms with E-state index in [-0.39, 0.29) is 10.8 Å². The van der Waals surface area contributed by atoms with Gasteiger partial charge in [0.05, 0.1) is 4.90 Å². The number of nitrogens with one attached hydrogen (secondary N) is 1. The summed E-state index contributed by atoms with van der Waals surface area (Å²) in [5.74, 6) is 0.281. The van der Waals surface area contributed by atoms with Crippen LogP contribution in [-0.4, -0.2) is 37.8 Å². The highest BCUT2D eigenvalue weighted by atomic mass is 79.9. The lowest BCUT2D eigenvalue weighted by Crippen LogP contribution is -2.35. The van der Waals surface area contributed by atoms with Gasteiger partial charge >= 0.3 is 0 Å². The Labute approximate surface area is 174 Å². The van der Waals surface area contributed by atoms with Gasteiger partial charge in [-0.05, 0) is 68.3 Å². The van der Waals surface area contributed by atoms with Crippen molar-refractivity contribution in [3.63, 3.8) is 0 Å². The third-order valence-corrected chi connectivity index (χ3v) is 7.01. The van der Waals surface area contributed by atoms with Crippen LogP contribution in [0.4, 0.5) is 5.69 Å². The van der Waals surface area contributed by atoms with E-state index < -0.39 is 16.1 Å². The average molecular weight is 467 g/mol. The van der Waals surface area contributed by atoms with Crippen LogP contribution < -0.4 is 10.1 Å². The van der Waals surface area contributed by atoms with Crippen LogP contribution in [0.2, 0.25) is 0 Å². The highest BCUT2D eigenvalue weighted by molar-refractivity contribution is 9.10. The van der Waals surface area contributed by atoms with Crippen LogP contribution in [0.5, 0.6) is 5.75 Å². The zero-order valence-electron chi connectivity index (χ0n) is 15.6. The molecule has 1 N–H and O–H groups in total. The van der Waals surface area contributed by atoms with Gasteiger partial charge in [-0.3, -0.25) is 4.79 Å². The SMILES string of the molecule is CC(Oc1ccc(Br)cc1)C(=O)Nc1ccc(S(=O)(=O)N2CCCCC2)cc1. The Bertz CT molecular complexity index is 908. The lowest BCUT2D eigenvalue weighted by molar-refractivity contribution is -0.122. The summed E-state index contributed by atoms with van der Waals surface area (Å²) in [6.07, 6.45) is 2.16. The zero-order valence-corrected chi connectivity index (χ0v) is 18.0. The van der Waals surface area contributed by atoms with Crippen molar-refractivity contribution in [1.29, 1.82) is 0 Å². The number of carbonyl (C=O) groups excluding carboxylic acids is 1. The molecule has 1 aliphatic rings. The minimum absolute atomic E-state index is 0.242. The smallest absolute Gasteiger partial charge is 0.265 e. The van der Waals surface area contributed by atoms with Crippen molar-refractivity contribution >= 4 is 37.5 Å². The van der Waals surface area contributed by atoms with E-state index in [0.717, 1.165) is 23.7 Å². The highest BCUT2D eigenvalue weighted by Crippen LogP contribution is 2.22. The van der Waals surface area contributed by atoms with Gasteiger partial charge in [0.1, 0.15) is 5.75 Å². The summed E-state index contributed by atoms with van der Waals surface area (Å²) in [4.78, 5) is 12.6. The molecule has 0 spiro atoms. The Kier molecular flexibility index (Phi) is 6.74. The Morgan fingerprint density at radius 1 is 1.04 bits per heavy atom. The van der Waals surface area contributed by atoms with Crippen LogP contribution in [0.1, 0.15) is 26.2 Å². The van der Waals surface area contributed by atoms with E-state index in [0.29, 0.717) is 24.5 Å². The second kappa shape index (κ2) is 9.07. The first-order chi connectivity index (χ1) is 13.4. The monoisotopic (exact) mass is 466 g/mol. The zero-order chi connectivity index (χ0) is 20.1. The van der Waals surface area contributed by atoms with Crippen LogP contribution in [-0.2, 0) is 14.8 Å². The number of halogens is 1. The third-order valence-electron chi connectivity index (χ3n) is 4.57. The van der Waals surface area contributed by atoms with Crippen LogP contribution in [0.25, 0.3) is 0 Å². The Morgan fingerprint density at radius 2 is 1.64 bits per heavy atom. The van der Waals surface area contributed by atoms with E-state index >= 15 is 0 Å². The van der Waals surface area contributed by atoms with Gasteiger partial charge in [0.2, 0.25) is 10.0 Å². The average Bonchev–Trinajstić information content (AvgIpc) is 2.70. The normalized spacial score (nSPS) is 16.4. The minimum Gasteiger partial charge on any atom is -0.481 e. The molecule has 0 saturated carbocycles. The summed E-state index contributed by atoms with van der Waals surface area (Å²) in [7, 11) is -3.48. The summed E-state index contributed by atoms with van der Waals surface area (Å²) in [6, 6.07) is 13.5. The molecular formula is C20H23BrN2O4S. The van der Waals surface area contributed by atoms with Crippen LogP contribution >= 0.6 is 15.9 Å². The Hall–Kier alpha value is -1.90. The maximum atomic E-state index is 12.7. The number of sulfonamides is 1. The maximum Gasteiger partial charge on any atom is 0.265 e. The van der Waals surface area contributed by atoms with E-state index in [1.54, 1.807) is 31.2 Å². The number of carbonyl (C=O) groups is 1. The molecule has 1 amide bonds. The molecule has 1 atom stereocenters. The van der Waals surface area contributed by atoms with Gasteiger partial charge in [0.25, 0.3) is 5.91 Å². The molecule has 1 aliphatic heterocycles. The highest BCUT2D eigenvalue weighted by Gasteiger charge is 2.25. The molecule has 2 aromatic carbocycles. The van der Waals surface area contributed by atoms with Gasteiger partial charge < -0.3 is 10.1 Å². The predicted molar refractivity (Wildman–Crippen MR) is 112 cm³/mol. The van der Waals surface area contributed by atoms with Crippen molar-refractivity contribution in [2.24, 2.45) is 0 Å². The molecular weight excluding hydrogens is 444 g/mol. The quantitative estimate of drug-likeness (QED) is 0.696. The van der Waals surface area contributed by atoms with Crippen LogP contribution in [0.3, 0.4) is 0 Å². The van der Waals surface area contributed by atoms with Gasteiger partial charge in [0.15, 0.2) is 6.10 Å². The minimum atomic E-state index is -3.48. The van der Waals surface area contributed by atoms with Crippen molar-refractivity contribution in [3.05, 3.63) is 53.0 Å². The summed E-state index contributed by atoms with van der Waals surface area (Å²) in [6.45, 7) is 2.78. The largest absolute Gasteiger partial charge is 0.481 e. The van der Waals surface area contributed by atoms with Crippen LogP contribution in [0, 0.1) is 0 Å². The number of amides is 1. The Balaban J connectivity index is 1.61. The number of nitrogens with zero attached hydrogens (tertiary/aromatic N) is 1. The number of rotatable bonds is 6. The van der Waals surface area contributed by atoms with Crippen molar-refractivity contribution in [3.8, 4) is 5.75 Å². The number of anilines is 1. The van der Waals surface area contributed by atoms with Gasteiger partial charge in [-0.2, -0.15) is 4.31 Å². The first kappa shape index (κ1) is 20.8. The predicted octanol–water partition coefficient (Wildman–Crippen LogP) is 4.03. The fourth-order valence-corrected chi connectivity index (χ4v) is 4.76. The number of piperidine rings is 1. The standard InChI is InChI=1S/C20H23BrN2O4S/c1-15(27-18-9-5-16(21)6-10-18)20(24)22-17-7-11-19(12-8-17)28(25,26)23-13-3-2-4-14-23/h5-12,15H,2-4,13-14H2,1H3,(H,22,24). The van der Waals surface area contributed by atoms with Gasteiger partial charge in [-0.1, -0.05) is 22.4 Å². The molecule has 1 heterocycles. The number of ether oxygens (including phenoxy) is 1. The lowest BCUT2D eigenvalue weighted by atomic mass is 10.2. The maximum absolute atomic E-state index is 12.7. The van der Waals surface area contributed by atoms with Gasteiger partial charge in [-0.15, -0.1) is 0 Å². The van der Waals surface area contributed by atoms with E-state index in [1.807, 2.05) is 12.1 Å². The van der Waals surface area contributed by atoms with E-state index in [9.17, 15) is 13.2 Å². The van der Waals surface area contributed by atoms with Gasteiger partial charge in [-0.25, -0.2) is 8.42 Å². The Morgan fingerprint density at radius 3 is 2.25 bits per heavy atom. The first-order valence-corrected chi connectivity index (χ1v) is 11.4. The molecule has 0 radical (unpaired) electrons. The molecule has 0 aliphatic carbocycles. The fraction of sp³-hybridized carbons (Fsp3) is 0.350. The van der Waals surface area contributed by atoms with Gasteiger partial charge in [0, 0.05) is 23.2 Å². The summed E-state index contributed by atoms with van der Waals surface area (Å²) < 4.78 is 33.4. The lowest BCUT2D eigenvalue weighted by Gasteiger charge is -2.25. The van der Waals surface area contributed by atoms with E-state index in [1.165, 1.54) is 16.4 Å². The molecule has 28 heavy (non-hydrogen) atoms. The topological polar surface area (TPSA) is 75.7 Å². The summed E-state index contributed by atoms with van der Waals surface area (Å²) >= 11 is 3.35. The molecule has 6 nitrogen and oxygen atoms in total.